The Balaban J connectivity index is 2.02. The van der Waals surface area contributed by atoms with Crippen molar-refractivity contribution in [1.29, 1.82) is 0 Å². The van der Waals surface area contributed by atoms with E-state index in [1.807, 2.05) is 36.4 Å². The first-order chi connectivity index (χ1) is 10.2. The molecule has 2 nitrogen and oxygen atoms in total. The largest absolute Gasteiger partial charge is 0.491 e. The zero-order valence-corrected chi connectivity index (χ0v) is 13.5. The molecule has 0 aliphatic rings. The highest BCUT2D eigenvalue weighted by Gasteiger charge is 2.04. The molecule has 1 N–H and O–H groups in total. The number of rotatable bonds is 7. The van der Waals surface area contributed by atoms with Crippen molar-refractivity contribution in [3.63, 3.8) is 0 Å². The Kier molecular flexibility index (Phi) is 6.21. The molecule has 112 valence electrons. The molecule has 2 rings (SSSR count). The van der Waals surface area contributed by atoms with Crippen LogP contribution in [0.4, 0.5) is 5.69 Å². The molecule has 0 atom stereocenters. The van der Waals surface area contributed by atoms with Gasteiger partial charge in [-0.05, 0) is 42.3 Å². The van der Waals surface area contributed by atoms with Crippen LogP contribution < -0.4 is 10.1 Å². The molecule has 2 aromatic carbocycles. The Morgan fingerprint density at radius 1 is 1.05 bits per heavy atom. The average Bonchev–Trinajstić information content (AvgIpc) is 2.45. The van der Waals surface area contributed by atoms with Gasteiger partial charge < -0.3 is 10.1 Å². The second-order valence-corrected chi connectivity index (χ2v) is 5.70. The van der Waals surface area contributed by atoms with Crippen molar-refractivity contribution in [2.75, 3.05) is 11.9 Å². The quantitative estimate of drug-likeness (QED) is 0.651. The zero-order valence-electron chi connectivity index (χ0n) is 12.0. The van der Waals surface area contributed by atoms with Crippen molar-refractivity contribution >= 4 is 28.9 Å². The number of unbranched alkanes of at least 4 members (excludes halogenated alkanes) is 1. The number of halogens is 2. The van der Waals surface area contributed by atoms with E-state index in [1.165, 1.54) is 0 Å². The van der Waals surface area contributed by atoms with Crippen LogP contribution in [0.3, 0.4) is 0 Å². The first-order valence-electron chi connectivity index (χ1n) is 7.09. The first kappa shape index (κ1) is 16.0. The van der Waals surface area contributed by atoms with E-state index < -0.39 is 0 Å². The second kappa shape index (κ2) is 8.16. The lowest BCUT2D eigenvalue weighted by molar-refractivity contribution is 0.310. The summed E-state index contributed by atoms with van der Waals surface area (Å²) in [6.07, 6.45) is 2.18. The standard InChI is InChI=1S/C17H19Cl2NO/c1-2-3-8-21-17-7-5-4-6-16(17)20-12-13-9-14(18)11-15(19)10-13/h4-7,9-11,20H,2-3,8,12H2,1H3. The minimum atomic E-state index is 0.645. The molecule has 0 amide bonds. The van der Waals surface area contributed by atoms with E-state index in [0.29, 0.717) is 16.6 Å². The van der Waals surface area contributed by atoms with Crippen LogP contribution in [0.15, 0.2) is 42.5 Å². The van der Waals surface area contributed by atoms with Crippen LogP contribution in [-0.4, -0.2) is 6.61 Å². The third-order valence-corrected chi connectivity index (χ3v) is 3.48. The predicted molar refractivity (Wildman–Crippen MR) is 90.6 cm³/mol. The Hall–Kier alpha value is -1.38. The van der Waals surface area contributed by atoms with Crippen LogP contribution in [0.2, 0.25) is 10.0 Å². The lowest BCUT2D eigenvalue weighted by Crippen LogP contribution is -2.03. The summed E-state index contributed by atoms with van der Waals surface area (Å²) in [6.45, 7) is 3.53. The van der Waals surface area contributed by atoms with Gasteiger partial charge in [0.15, 0.2) is 0 Å². The van der Waals surface area contributed by atoms with Crippen LogP contribution >= 0.6 is 23.2 Å². The second-order valence-electron chi connectivity index (χ2n) is 4.83. The maximum absolute atomic E-state index is 6.01. The van der Waals surface area contributed by atoms with E-state index >= 15 is 0 Å². The summed E-state index contributed by atoms with van der Waals surface area (Å²) in [7, 11) is 0. The molecule has 4 heteroatoms. The molecule has 0 aromatic heterocycles. The molecular formula is C17H19Cl2NO. The fourth-order valence-electron chi connectivity index (χ4n) is 1.98. The van der Waals surface area contributed by atoms with Crippen LogP contribution in [0, 0.1) is 0 Å². The number of hydrogen-bond donors (Lipinski definition) is 1. The monoisotopic (exact) mass is 323 g/mol. The number of ether oxygens (including phenoxy) is 1. The van der Waals surface area contributed by atoms with Crippen LogP contribution in [-0.2, 0) is 6.54 Å². The molecule has 21 heavy (non-hydrogen) atoms. The molecule has 0 aliphatic heterocycles. The highest BCUT2D eigenvalue weighted by atomic mass is 35.5. The number of nitrogens with one attached hydrogen (secondary N) is 1. The Bertz CT molecular complexity index is 567. The van der Waals surface area contributed by atoms with Gasteiger partial charge in [0.2, 0.25) is 0 Å². The van der Waals surface area contributed by atoms with E-state index in [-0.39, 0.29) is 0 Å². The van der Waals surface area contributed by atoms with E-state index in [4.69, 9.17) is 27.9 Å². The molecule has 0 radical (unpaired) electrons. The van der Waals surface area contributed by atoms with Gasteiger partial charge in [-0.2, -0.15) is 0 Å². The summed E-state index contributed by atoms with van der Waals surface area (Å²) in [5, 5.41) is 4.66. The highest BCUT2D eigenvalue weighted by molar-refractivity contribution is 6.34. The van der Waals surface area contributed by atoms with Crippen LogP contribution in [0.5, 0.6) is 5.75 Å². The van der Waals surface area contributed by atoms with Crippen molar-refractivity contribution in [2.45, 2.75) is 26.3 Å². The fraction of sp³-hybridized carbons (Fsp3) is 0.294. The minimum Gasteiger partial charge on any atom is -0.491 e. The summed E-state index contributed by atoms with van der Waals surface area (Å²) in [4.78, 5) is 0. The first-order valence-corrected chi connectivity index (χ1v) is 7.85. The molecule has 0 unspecified atom stereocenters. The molecular weight excluding hydrogens is 305 g/mol. The van der Waals surface area contributed by atoms with E-state index in [9.17, 15) is 0 Å². The lowest BCUT2D eigenvalue weighted by atomic mass is 10.2. The molecule has 2 aromatic rings. The Morgan fingerprint density at radius 3 is 2.48 bits per heavy atom. The van der Waals surface area contributed by atoms with Gasteiger partial charge in [0.25, 0.3) is 0 Å². The summed E-state index contributed by atoms with van der Waals surface area (Å²) in [5.74, 6) is 0.874. The normalized spacial score (nSPS) is 10.4. The molecule has 0 spiro atoms. The van der Waals surface area contributed by atoms with E-state index in [0.717, 1.165) is 36.4 Å². The fourth-order valence-corrected chi connectivity index (χ4v) is 2.55. The maximum atomic E-state index is 6.01. The van der Waals surface area contributed by atoms with Crippen LogP contribution in [0.1, 0.15) is 25.3 Å². The maximum Gasteiger partial charge on any atom is 0.142 e. The summed E-state index contributed by atoms with van der Waals surface area (Å²) in [5.41, 5.74) is 2.01. The highest BCUT2D eigenvalue weighted by Crippen LogP contribution is 2.25. The van der Waals surface area contributed by atoms with Gasteiger partial charge in [-0.3, -0.25) is 0 Å². The van der Waals surface area contributed by atoms with Crippen molar-refractivity contribution in [2.24, 2.45) is 0 Å². The summed E-state index contributed by atoms with van der Waals surface area (Å²) >= 11 is 12.0. The summed E-state index contributed by atoms with van der Waals surface area (Å²) in [6, 6.07) is 13.5. The van der Waals surface area contributed by atoms with Crippen molar-refractivity contribution in [3.05, 3.63) is 58.1 Å². The third kappa shape index (κ3) is 5.14. The summed E-state index contributed by atoms with van der Waals surface area (Å²) < 4.78 is 5.80. The lowest BCUT2D eigenvalue weighted by Gasteiger charge is -2.13. The number of para-hydroxylation sites is 2. The smallest absolute Gasteiger partial charge is 0.142 e. The molecule has 0 heterocycles. The van der Waals surface area contributed by atoms with Crippen molar-refractivity contribution < 1.29 is 4.74 Å². The van der Waals surface area contributed by atoms with Gasteiger partial charge in [-0.25, -0.2) is 0 Å². The number of hydrogen-bond acceptors (Lipinski definition) is 2. The molecule has 0 bridgehead atoms. The third-order valence-electron chi connectivity index (χ3n) is 3.05. The van der Waals surface area contributed by atoms with E-state index in [1.54, 1.807) is 6.07 Å². The minimum absolute atomic E-state index is 0.645. The molecule has 0 fully saturated rings. The van der Waals surface area contributed by atoms with Crippen molar-refractivity contribution in [1.82, 2.24) is 0 Å². The van der Waals surface area contributed by atoms with Gasteiger partial charge >= 0.3 is 0 Å². The molecule has 0 saturated heterocycles. The Labute approximate surface area is 136 Å². The molecule has 0 saturated carbocycles. The zero-order chi connectivity index (χ0) is 15.1. The number of anilines is 1. The topological polar surface area (TPSA) is 21.3 Å². The number of benzene rings is 2. The van der Waals surface area contributed by atoms with Gasteiger partial charge in [0, 0.05) is 16.6 Å². The van der Waals surface area contributed by atoms with Crippen LogP contribution in [0.25, 0.3) is 0 Å². The van der Waals surface area contributed by atoms with Crippen molar-refractivity contribution in [3.8, 4) is 5.75 Å². The van der Waals surface area contributed by atoms with Gasteiger partial charge in [0.05, 0.1) is 12.3 Å². The SMILES string of the molecule is CCCCOc1ccccc1NCc1cc(Cl)cc(Cl)c1. The van der Waals surface area contributed by atoms with Gasteiger partial charge in [-0.1, -0.05) is 48.7 Å². The van der Waals surface area contributed by atoms with Gasteiger partial charge in [-0.15, -0.1) is 0 Å². The van der Waals surface area contributed by atoms with Gasteiger partial charge in [0.1, 0.15) is 5.75 Å². The Morgan fingerprint density at radius 2 is 1.76 bits per heavy atom. The predicted octanol–water partition coefficient (Wildman–Crippen LogP) is 5.78. The van der Waals surface area contributed by atoms with E-state index in [2.05, 4.69) is 12.2 Å². The average molecular weight is 324 g/mol. The molecule has 0 aliphatic carbocycles.